The average molecular weight is 483 g/mol. The minimum atomic E-state index is -1.45. The number of fused-ring (bicyclic) bond motifs is 3. The Morgan fingerprint density at radius 2 is 1.43 bits per heavy atom. The molecule has 0 aliphatic heterocycles. The van der Waals surface area contributed by atoms with Gasteiger partial charge in [0.2, 0.25) is 5.91 Å². The number of carboxylic acid groups (broad SMARTS) is 1. The zero-order chi connectivity index (χ0) is 25.0. The SMILES string of the molecule is O=C(CCCCCCCNC(=O)OCC1c2ccccc2-c2ccccc21)NCC[C@H](O)C(=O)O. The van der Waals surface area contributed by atoms with E-state index in [1.807, 2.05) is 24.3 Å². The van der Waals surface area contributed by atoms with Gasteiger partial charge in [-0.2, -0.15) is 0 Å². The lowest BCUT2D eigenvalue weighted by Gasteiger charge is -2.14. The van der Waals surface area contributed by atoms with Crippen LogP contribution in [0.5, 0.6) is 0 Å². The quantitative estimate of drug-likeness (QED) is 0.304. The van der Waals surface area contributed by atoms with Gasteiger partial charge in [-0.3, -0.25) is 4.79 Å². The van der Waals surface area contributed by atoms with Crippen molar-refractivity contribution in [3.05, 3.63) is 59.7 Å². The summed E-state index contributed by atoms with van der Waals surface area (Å²) in [5.74, 6) is -1.38. The summed E-state index contributed by atoms with van der Waals surface area (Å²) in [7, 11) is 0. The third-order valence-corrected chi connectivity index (χ3v) is 6.22. The van der Waals surface area contributed by atoms with Gasteiger partial charge in [-0.15, -0.1) is 0 Å². The van der Waals surface area contributed by atoms with E-state index >= 15 is 0 Å². The number of alkyl carbamates (subject to hydrolysis) is 1. The molecule has 1 aliphatic rings. The van der Waals surface area contributed by atoms with Gasteiger partial charge < -0.3 is 25.6 Å². The number of carbonyl (C=O) groups excluding carboxylic acids is 2. The van der Waals surface area contributed by atoms with E-state index in [-0.39, 0.29) is 24.8 Å². The van der Waals surface area contributed by atoms with E-state index in [1.54, 1.807) is 0 Å². The molecular formula is C27H34N2O6. The fourth-order valence-corrected chi connectivity index (χ4v) is 4.34. The molecule has 0 saturated heterocycles. The zero-order valence-corrected chi connectivity index (χ0v) is 19.9. The van der Waals surface area contributed by atoms with Crippen LogP contribution in [-0.2, 0) is 14.3 Å². The third kappa shape index (κ3) is 7.82. The molecule has 0 fully saturated rings. The number of unbranched alkanes of at least 4 members (excludes halogenated alkanes) is 4. The molecule has 8 nitrogen and oxygen atoms in total. The first-order valence-corrected chi connectivity index (χ1v) is 12.2. The minimum absolute atomic E-state index is 0.00223. The fourth-order valence-electron chi connectivity index (χ4n) is 4.34. The highest BCUT2D eigenvalue weighted by Crippen LogP contribution is 2.44. The summed E-state index contributed by atoms with van der Waals surface area (Å²) in [6.07, 6.45) is 2.90. The van der Waals surface area contributed by atoms with E-state index in [2.05, 4.69) is 34.9 Å². The predicted octanol–water partition coefficient (Wildman–Crippen LogP) is 3.82. The summed E-state index contributed by atoms with van der Waals surface area (Å²) in [6.45, 7) is 0.994. The van der Waals surface area contributed by atoms with Gasteiger partial charge in [0.15, 0.2) is 6.10 Å². The van der Waals surface area contributed by atoms with E-state index in [9.17, 15) is 14.4 Å². The van der Waals surface area contributed by atoms with Crippen LogP contribution in [0.4, 0.5) is 4.79 Å². The molecule has 2 amide bonds. The van der Waals surface area contributed by atoms with Crippen LogP contribution < -0.4 is 10.6 Å². The largest absolute Gasteiger partial charge is 0.479 e. The number of nitrogens with one attached hydrogen (secondary N) is 2. The molecule has 0 aromatic heterocycles. The molecule has 0 heterocycles. The molecule has 0 saturated carbocycles. The van der Waals surface area contributed by atoms with E-state index in [0.717, 1.165) is 32.1 Å². The molecule has 8 heteroatoms. The van der Waals surface area contributed by atoms with Gasteiger partial charge in [-0.1, -0.05) is 67.8 Å². The highest BCUT2D eigenvalue weighted by atomic mass is 16.5. The average Bonchev–Trinajstić information content (AvgIpc) is 3.18. The van der Waals surface area contributed by atoms with Crippen LogP contribution >= 0.6 is 0 Å². The van der Waals surface area contributed by atoms with E-state index in [1.165, 1.54) is 22.3 Å². The molecule has 1 atom stereocenters. The highest BCUT2D eigenvalue weighted by Gasteiger charge is 2.28. The summed E-state index contributed by atoms with van der Waals surface area (Å²) < 4.78 is 5.53. The van der Waals surface area contributed by atoms with Crippen molar-refractivity contribution in [3.8, 4) is 11.1 Å². The Hall–Kier alpha value is -3.39. The number of amides is 2. The molecule has 0 unspecified atom stereocenters. The lowest BCUT2D eigenvalue weighted by molar-refractivity contribution is -0.147. The second-order valence-electron chi connectivity index (χ2n) is 8.76. The van der Waals surface area contributed by atoms with Crippen LogP contribution in [0.15, 0.2) is 48.5 Å². The molecule has 2 aromatic rings. The number of rotatable bonds is 14. The van der Waals surface area contributed by atoms with Crippen molar-refractivity contribution >= 4 is 18.0 Å². The second kappa shape index (κ2) is 13.5. The highest BCUT2D eigenvalue weighted by molar-refractivity contribution is 5.79. The normalized spacial score (nSPS) is 12.9. The topological polar surface area (TPSA) is 125 Å². The Bertz CT molecular complexity index is 963. The maximum absolute atomic E-state index is 12.2. The number of carboxylic acids is 1. The van der Waals surface area contributed by atoms with E-state index in [0.29, 0.717) is 19.6 Å². The lowest BCUT2D eigenvalue weighted by atomic mass is 9.98. The van der Waals surface area contributed by atoms with Crippen LogP contribution in [0.2, 0.25) is 0 Å². The summed E-state index contributed by atoms with van der Waals surface area (Å²) in [4.78, 5) is 34.4. The van der Waals surface area contributed by atoms with Crippen LogP contribution in [0.3, 0.4) is 0 Å². The van der Waals surface area contributed by atoms with Crippen LogP contribution in [0.25, 0.3) is 11.1 Å². The zero-order valence-electron chi connectivity index (χ0n) is 19.9. The van der Waals surface area contributed by atoms with Crippen molar-refractivity contribution in [1.29, 1.82) is 0 Å². The van der Waals surface area contributed by atoms with Crippen LogP contribution in [0.1, 0.15) is 62.0 Å². The maximum atomic E-state index is 12.2. The Balaban J connectivity index is 1.23. The van der Waals surface area contributed by atoms with Crippen molar-refractivity contribution in [1.82, 2.24) is 10.6 Å². The second-order valence-corrected chi connectivity index (χ2v) is 8.76. The van der Waals surface area contributed by atoms with E-state index in [4.69, 9.17) is 14.9 Å². The van der Waals surface area contributed by atoms with Crippen LogP contribution in [-0.4, -0.2) is 54.0 Å². The molecule has 1 aliphatic carbocycles. The fraction of sp³-hybridized carbons (Fsp3) is 0.444. The van der Waals surface area contributed by atoms with E-state index < -0.39 is 18.2 Å². The van der Waals surface area contributed by atoms with Crippen molar-refractivity contribution in [2.45, 2.75) is 57.0 Å². The van der Waals surface area contributed by atoms with Gasteiger partial charge in [0.05, 0.1) is 0 Å². The number of aliphatic hydroxyl groups excluding tert-OH is 1. The number of benzene rings is 2. The Morgan fingerprint density at radius 3 is 2.09 bits per heavy atom. The lowest BCUT2D eigenvalue weighted by Crippen LogP contribution is -2.29. The molecule has 0 radical (unpaired) electrons. The Morgan fingerprint density at radius 1 is 0.829 bits per heavy atom. The summed E-state index contributed by atoms with van der Waals surface area (Å²) in [6, 6.07) is 16.5. The standard InChI is InChI=1S/C27H34N2O6/c30-24(26(32)33)15-17-28-25(31)14-4-2-1-3-9-16-29-27(34)35-18-23-21-12-7-5-10-19(21)20-11-6-8-13-22(20)23/h5-8,10-13,23-24,30H,1-4,9,14-18H2,(H,28,31)(H,29,34)(H,32,33)/t24-/m0/s1. The molecule has 2 aromatic carbocycles. The van der Waals surface area contributed by atoms with Crippen molar-refractivity contribution in [2.24, 2.45) is 0 Å². The van der Waals surface area contributed by atoms with Crippen molar-refractivity contribution in [2.75, 3.05) is 19.7 Å². The Labute approximate surface area is 205 Å². The summed E-state index contributed by atoms with van der Waals surface area (Å²) in [5, 5.41) is 23.2. The van der Waals surface area contributed by atoms with Gasteiger partial charge in [0.25, 0.3) is 0 Å². The monoisotopic (exact) mass is 482 g/mol. The van der Waals surface area contributed by atoms with Gasteiger partial charge in [-0.25, -0.2) is 9.59 Å². The van der Waals surface area contributed by atoms with Crippen LogP contribution in [0, 0.1) is 0 Å². The first kappa shape index (κ1) is 26.2. The van der Waals surface area contributed by atoms with Gasteiger partial charge in [0.1, 0.15) is 6.61 Å². The smallest absolute Gasteiger partial charge is 0.407 e. The molecule has 0 bridgehead atoms. The third-order valence-electron chi connectivity index (χ3n) is 6.22. The van der Waals surface area contributed by atoms with Crippen molar-refractivity contribution < 1.29 is 29.3 Å². The number of carbonyl (C=O) groups is 3. The molecule has 4 N–H and O–H groups in total. The summed E-state index contributed by atoms with van der Waals surface area (Å²) >= 11 is 0. The van der Waals surface area contributed by atoms with Gasteiger partial charge >= 0.3 is 12.1 Å². The number of aliphatic carboxylic acids is 1. The first-order chi connectivity index (χ1) is 17.0. The molecule has 188 valence electrons. The molecule has 35 heavy (non-hydrogen) atoms. The minimum Gasteiger partial charge on any atom is -0.479 e. The maximum Gasteiger partial charge on any atom is 0.407 e. The molecular weight excluding hydrogens is 448 g/mol. The van der Waals surface area contributed by atoms with Crippen molar-refractivity contribution in [3.63, 3.8) is 0 Å². The number of aliphatic hydroxyl groups is 1. The number of ether oxygens (including phenoxy) is 1. The Kier molecular flexibility index (Phi) is 10.1. The summed E-state index contributed by atoms with van der Waals surface area (Å²) in [5.41, 5.74) is 4.78. The molecule has 0 spiro atoms. The number of hydrogen-bond donors (Lipinski definition) is 4. The number of hydrogen-bond acceptors (Lipinski definition) is 5. The van der Waals surface area contributed by atoms with Gasteiger partial charge in [0, 0.05) is 31.8 Å². The predicted molar refractivity (Wildman–Crippen MR) is 132 cm³/mol. The first-order valence-electron chi connectivity index (χ1n) is 12.2. The van der Waals surface area contributed by atoms with Gasteiger partial charge in [-0.05, 0) is 35.1 Å². The molecule has 3 rings (SSSR count).